The van der Waals surface area contributed by atoms with Crippen molar-refractivity contribution in [2.75, 3.05) is 6.54 Å². The lowest BCUT2D eigenvalue weighted by Crippen LogP contribution is -2.42. The van der Waals surface area contributed by atoms with Crippen LogP contribution >= 0.6 is 12.2 Å². The Bertz CT molecular complexity index is 398. The monoisotopic (exact) mass is 240 g/mol. The first-order chi connectivity index (χ1) is 7.43. The molecule has 1 amide bonds. The Morgan fingerprint density at radius 2 is 2.25 bits per heavy atom. The number of nitrogens with zero attached hydrogens (tertiary/aromatic N) is 1. The molecule has 0 saturated carbocycles. The molecule has 1 aromatic rings. The molecule has 0 fully saturated rings. The number of rotatable bonds is 4. The van der Waals surface area contributed by atoms with Crippen LogP contribution in [0.1, 0.15) is 30.0 Å². The highest BCUT2D eigenvalue weighted by atomic mass is 32.1. The second kappa shape index (κ2) is 5.12. The Morgan fingerprint density at radius 1 is 1.62 bits per heavy atom. The molecule has 16 heavy (non-hydrogen) atoms. The van der Waals surface area contributed by atoms with Crippen LogP contribution < -0.4 is 5.73 Å². The molecule has 0 spiro atoms. The summed E-state index contributed by atoms with van der Waals surface area (Å²) in [5.41, 5.74) is 6.29. The number of hydrogen-bond donors (Lipinski definition) is 1. The van der Waals surface area contributed by atoms with Gasteiger partial charge < -0.3 is 15.1 Å². The first-order valence-corrected chi connectivity index (χ1v) is 5.47. The largest absolute Gasteiger partial charge is 0.459 e. The van der Waals surface area contributed by atoms with Crippen LogP contribution in [0.25, 0.3) is 0 Å². The minimum absolute atomic E-state index is 0.0264. The predicted molar refractivity (Wildman–Crippen MR) is 66.4 cm³/mol. The van der Waals surface area contributed by atoms with Gasteiger partial charge in [-0.3, -0.25) is 4.79 Å². The lowest BCUT2D eigenvalue weighted by Gasteiger charge is -2.25. The number of hydrogen-bond acceptors (Lipinski definition) is 3. The van der Waals surface area contributed by atoms with E-state index in [1.807, 2.05) is 20.8 Å². The van der Waals surface area contributed by atoms with Crippen LogP contribution in [0.15, 0.2) is 16.7 Å². The van der Waals surface area contributed by atoms with Gasteiger partial charge in [-0.2, -0.15) is 0 Å². The van der Waals surface area contributed by atoms with Crippen molar-refractivity contribution in [2.24, 2.45) is 5.73 Å². The highest BCUT2D eigenvalue weighted by Gasteiger charge is 2.23. The molecule has 0 saturated heterocycles. The molecule has 1 aromatic heterocycles. The normalized spacial score (nSPS) is 10.5. The summed E-state index contributed by atoms with van der Waals surface area (Å²) in [7, 11) is 0. The van der Waals surface area contributed by atoms with E-state index in [-0.39, 0.29) is 18.5 Å². The van der Waals surface area contributed by atoms with Gasteiger partial charge in [-0.25, -0.2) is 0 Å². The maximum absolute atomic E-state index is 12.1. The Labute approximate surface area is 100 Å². The first kappa shape index (κ1) is 12.7. The Hall–Kier alpha value is -1.36. The lowest BCUT2D eigenvalue weighted by atomic mass is 10.2. The second-order valence-corrected chi connectivity index (χ2v) is 4.45. The van der Waals surface area contributed by atoms with E-state index in [4.69, 9.17) is 22.4 Å². The van der Waals surface area contributed by atoms with Crippen molar-refractivity contribution < 1.29 is 9.21 Å². The van der Waals surface area contributed by atoms with Crippen LogP contribution in [-0.2, 0) is 0 Å². The molecule has 0 bridgehead atoms. The van der Waals surface area contributed by atoms with Crippen LogP contribution in [0.3, 0.4) is 0 Å². The van der Waals surface area contributed by atoms with Crippen LogP contribution in [-0.4, -0.2) is 28.4 Å². The molecule has 88 valence electrons. The van der Waals surface area contributed by atoms with Crippen LogP contribution in [0.4, 0.5) is 0 Å². The summed E-state index contributed by atoms with van der Waals surface area (Å²) >= 11 is 4.83. The minimum Gasteiger partial charge on any atom is -0.459 e. The van der Waals surface area contributed by atoms with E-state index in [1.54, 1.807) is 11.0 Å². The maximum atomic E-state index is 12.1. The summed E-state index contributed by atoms with van der Waals surface area (Å²) < 4.78 is 5.16. The summed E-state index contributed by atoms with van der Waals surface area (Å²) in [6.07, 6.45) is 1.50. The zero-order chi connectivity index (χ0) is 12.3. The van der Waals surface area contributed by atoms with Gasteiger partial charge in [0.25, 0.3) is 5.91 Å². The lowest BCUT2D eigenvalue weighted by molar-refractivity contribution is 0.0703. The van der Waals surface area contributed by atoms with E-state index in [1.165, 1.54) is 6.26 Å². The molecule has 0 radical (unpaired) electrons. The van der Waals surface area contributed by atoms with Gasteiger partial charge in [0, 0.05) is 11.6 Å². The second-order valence-electron chi connectivity index (χ2n) is 3.93. The molecule has 0 aliphatic carbocycles. The Morgan fingerprint density at radius 3 is 2.62 bits per heavy atom. The third-order valence-electron chi connectivity index (χ3n) is 2.27. The van der Waals surface area contributed by atoms with Crippen LogP contribution in [0.5, 0.6) is 0 Å². The van der Waals surface area contributed by atoms with Gasteiger partial charge in [-0.05, 0) is 26.8 Å². The number of carbonyl (C=O) groups excluding carboxylic acids is 1. The minimum atomic E-state index is -0.176. The van der Waals surface area contributed by atoms with Crippen molar-refractivity contribution in [1.29, 1.82) is 0 Å². The summed E-state index contributed by atoms with van der Waals surface area (Å²) in [5, 5.41) is 0. The zero-order valence-corrected chi connectivity index (χ0v) is 10.5. The molecule has 0 aliphatic heterocycles. The quantitative estimate of drug-likeness (QED) is 0.814. The number of thiocarbonyl (C=S) groups is 1. The van der Waals surface area contributed by atoms with E-state index in [0.717, 1.165) is 5.56 Å². The predicted octanol–water partition coefficient (Wildman–Crippen LogP) is 1.72. The topological polar surface area (TPSA) is 59.5 Å². The van der Waals surface area contributed by atoms with Crippen molar-refractivity contribution in [3.63, 3.8) is 0 Å². The molecule has 1 rings (SSSR count). The third-order valence-corrected chi connectivity index (χ3v) is 2.40. The van der Waals surface area contributed by atoms with E-state index < -0.39 is 0 Å². The van der Waals surface area contributed by atoms with Crippen molar-refractivity contribution in [3.05, 3.63) is 23.7 Å². The summed E-state index contributed by atoms with van der Waals surface area (Å²) in [6, 6.07) is 1.78. The van der Waals surface area contributed by atoms with Crippen LogP contribution in [0.2, 0.25) is 0 Å². The smallest absolute Gasteiger partial charge is 0.290 e. The van der Waals surface area contributed by atoms with Gasteiger partial charge in [-0.15, -0.1) is 0 Å². The van der Waals surface area contributed by atoms with E-state index >= 15 is 0 Å². The van der Waals surface area contributed by atoms with E-state index in [9.17, 15) is 4.79 Å². The standard InChI is InChI=1S/C11H16N2O2S/c1-7(2)13(6-9(12)16)11(14)10-8(3)4-5-15-10/h4-5,7H,6H2,1-3H3,(H2,12,16). The first-order valence-electron chi connectivity index (χ1n) is 5.07. The molecule has 1 heterocycles. The molecule has 4 nitrogen and oxygen atoms in total. The van der Waals surface area contributed by atoms with Crippen LogP contribution in [0, 0.1) is 6.92 Å². The number of furan rings is 1. The SMILES string of the molecule is Cc1ccoc1C(=O)N(CC(N)=S)C(C)C. The van der Waals surface area contributed by atoms with Gasteiger partial charge in [0.15, 0.2) is 5.76 Å². The van der Waals surface area contributed by atoms with Crippen molar-refractivity contribution in [1.82, 2.24) is 4.90 Å². The number of aryl methyl sites for hydroxylation is 1. The number of nitrogens with two attached hydrogens (primary N) is 1. The van der Waals surface area contributed by atoms with Gasteiger partial charge in [-0.1, -0.05) is 12.2 Å². The molecule has 0 aliphatic rings. The van der Waals surface area contributed by atoms with Gasteiger partial charge in [0.1, 0.15) is 0 Å². The van der Waals surface area contributed by atoms with Gasteiger partial charge in [0.2, 0.25) is 0 Å². The average Bonchev–Trinajstić information content (AvgIpc) is 2.59. The zero-order valence-electron chi connectivity index (χ0n) is 9.69. The molecular formula is C11H16N2O2S. The molecule has 0 unspecified atom stereocenters. The fraction of sp³-hybridized carbons (Fsp3) is 0.455. The molecular weight excluding hydrogens is 224 g/mol. The highest BCUT2D eigenvalue weighted by Crippen LogP contribution is 2.13. The summed E-state index contributed by atoms with van der Waals surface area (Å²) in [4.78, 5) is 14.0. The fourth-order valence-corrected chi connectivity index (χ4v) is 1.52. The van der Waals surface area contributed by atoms with Crippen molar-refractivity contribution in [3.8, 4) is 0 Å². The number of amides is 1. The maximum Gasteiger partial charge on any atom is 0.290 e. The van der Waals surface area contributed by atoms with Gasteiger partial charge >= 0.3 is 0 Å². The Balaban J connectivity index is 2.92. The molecule has 0 aromatic carbocycles. The van der Waals surface area contributed by atoms with Crippen molar-refractivity contribution in [2.45, 2.75) is 26.8 Å². The van der Waals surface area contributed by atoms with Crippen molar-refractivity contribution >= 4 is 23.1 Å². The van der Waals surface area contributed by atoms with E-state index in [0.29, 0.717) is 10.7 Å². The average molecular weight is 240 g/mol. The van der Waals surface area contributed by atoms with E-state index in [2.05, 4.69) is 0 Å². The fourth-order valence-electron chi connectivity index (χ4n) is 1.38. The number of carbonyl (C=O) groups is 1. The molecule has 2 N–H and O–H groups in total. The molecule has 0 atom stereocenters. The Kier molecular flexibility index (Phi) is 4.06. The third kappa shape index (κ3) is 2.82. The highest BCUT2D eigenvalue weighted by molar-refractivity contribution is 7.80. The molecule has 5 heteroatoms. The van der Waals surface area contributed by atoms with Gasteiger partial charge in [0.05, 0.1) is 17.8 Å². The summed E-state index contributed by atoms with van der Waals surface area (Å²) in [5.74, 6) is 0.176. The summed E-state index contributed by atoms with van der Waals surface area (Å²) in [6.45, 7) is 5.92.